The maximum Gasteiger partial charge on any atom is 0.416 e. The minimum atomic E-state index is -4.99. The van der Waals surface area contributed by atoms with Crippen molar-refractivity contribution >= 4 is 11.7 Å². The summed E-state index contributed by atoms with van der Waals surface area (Å²) in [6.07, 6.45) is -6.64. The Kier molecular flexibility index (Phi) is 5.53. The second kappa shape index (κ2) is 7.31. The van der Waals surface area contributed by atoms with Crippen LogP contribution in [-0.2, 0) is 12.4 Å². The first-order chi connectivity index (χ1) is 12.0. The third kappa shape index (κ3) is 4.93. The highest BCUT2D eigenvalue weighted by Crippen LogP contribution is 2.37. The van der Waals surface area contributed by atoms with Gasteiger partial charge in [0, 0.05) is 18.8 Å². The van der Waals surface area contributed by atoms with Gasteiger partial charge in [0.2, 0.25) is 0 Å². The molecule has 0 aliphatic carbocycles. The Balaban J connectivity index is 2.10. The first-order valence-electron chi connectivity index (χ1n) is 7.51. The topological polar surface area (TPSA) is 68.2 Å². The van der Waals surface area contributed by atoms with E-state index >= 15 is 0 Å². The number of urea groups is 1. The molecule has 5 nitrogen and oxygen atoms in total. The van der Waals surface area contributed by atoms with E-state index in [1.165, 1.54) is 4.90 Å². The standard InChI is InChI=1S/C15H14F6N4O/c16-14(17,18)9-4-10(15(19,20)21)6-11(5-9)24-13(26)23-7-12-2-1-3-25(12)8-22/h4-6,12H,1-3,7H2,(H2,23,24,26)/t12-/m1/s1. The third-order valence-corrected chi connectivity index (χ3v) is 3.85. The molecule has 11 heteroatoms. The summed E-state index contributed by atoms with van der Waals surface area (Å²) in [5.74, 6) is 0. The molecule has 26 heavy (non-hydrogen) atoms. The van der Waals surface area contributed by atoms with E-state index < -0.39 is 35.2 Å². The Morgan fingerprint density at radius 2 is 1.73 bits per heavy atom. The summed E-state index contributed by atoms with van der Waals surface area (Å²) in [6.45, 7) is 0.581. The first-order valence-corrected chi connectivity index (χ1v) is 7.51. The van der Waals surface area contributed by atoms with Crippen LogP contribution in [0.1, 0.15) is 24.0 Å². The van der Waals surface area contributed by atoms with Crippen molar-refractivity contribution in [3.05, 3.63) is 29.3 Å². The fraction of sp³-hybridized carbons (Fsp3) is 0.467. The van der Waals surface area contributed by atoms with Gasteiger partial charge in [-0.1, -0.05) is 0 Å². The lowest BCUT2D eigenvalue weighted by atomic mass is 10.1. The molecule has 0 unspecified atom stereocenters. The lowest BCUT2D eigenvalue weighted by molar-refractivity contribution is -0.143. The fourth-order valence-corrected chi connectivity index (χ4v) is 2.59. The number of benzene rings is 1. The summed E-state index contributed by atoms with van der Waals surface area (Å²) in [5.41, 5.74) is -3.67. The van der Waals surface area contributed by atoms with Crippen molar-refractivity contribution in [1.82, 2.24) is 10.2 Å². The van der Waals surface area contributed by atoms with E-state index in [1.54, 1.807) is 0 Å². The zero-order chi connectivity index (χ0) is 19.5. The molecular weight excluding hydrogens is 366 g/mol. The Morgan fingerprint density at radius 3 is 2.23 bits per heavy atom. The van der Waals surface area contributed by atoms with Crippen molar-refractivity contribution in [3.8, 4) is 6.19 Å². The average molecular weight is 380 g/mol. The van der Waals surface area contributed by atoms with E-state index in [1.807, 2.05) is 11.5 Å². The van der Waals surface area contributed by atoms with Crippen LogP contribution in [-0.4, -0.2) is 30.1 Å². The summed E-state index contributed by atoms with van der Waals surface area (Å²) in [4.78, 5) is 13.3. The molecular formula is C15H14F6N4O. The number of amides is 2. The lowest BCUT2D eigenvalue weighted by Crippen LogP contribution is -2.39. The molecule has 1 aromatic carbocycles. The average Bonchev–Trinajstić information content (AvgIpc) is 2.98. The van der Waals surface area contributed by atoms with Gasteiger partial charge in [0.25, 0.3) is 0 Å². The Hall–Kier alpha value is -2.64. The van der Waals surface area contributed by atoms with Crippen molar-refractivity contribution in [2.24, 2.45) is 0 Å². The lowest BCUT2D eigenvalue weighted by Gasteiger charge is -2.19. The maximum atomic E-state index is 12.8. The van der Waals surface area contributed by atoms with Gasteiger partial charge in [0.15, 0.2) is 6.19 Å². The molecule has 2 amide bonds. The molecule has 1 aromatic rings. The van der Waals surface area contributed by atoms with E-state index in [4.69, 9.17) is 5.26 Å². The van der Waals surface area contributed by atoms with Gasteiger partial charge in [-0.2, -0.15) is 31.6 Å². The second-order valence-corrected chi connectivity index (χ2v) is 5.72. The quantitative estimate of drug-likeness (QED) is 0.619. The third-order valence-electron chi connectivity index (χ3n) is 3.85. The van der Waals surface area contributed by atoms with Crippen molar-refractivity contribution in [1.29, 1.82) is 5.26 Å². The van der Waals surface area contributed by atoms with Crippen LogP contribution in [0.4, 0.5) is 36.8 Å². The maximum absolute atomic E-state index is 12.8. The number of nitrogens with one attached hydrogen (secondary N) is 2. The molecule has 1 saturated heterocycles. The molecule has 1 fully saturated rings. The minimum Gasteiger partial charge on any atom is -0.336 e. The van der Waals surface area contributed by atoms with E-state index in [9.17, 15) is 31.1 Å². The van der Waals surface area contributed by atoms with Crippen LogP contribution in [0.25, 0.3) is 0 Å². The van der Waals surface area contributed by atoms with Crippen LogP contribution in [0.5, 0.6) is 0 Å². The van der Waals surface area contributed by atoms with Crippen LogP contribution in [0, 0.1) is 11.5 Å². The largest absolute Gasteiger partial charge is 0.416 e. The molecule has 0 aromatic heterocycles. The zero-order valence-corrected chi connectivity index (χ0v) is 13.2. The highest BCUT2D eigenvalue weighted by molar-refractivity contribution is 5.89. The van der Waals surface area contributed by atoms with E-state index in [-0.39, 0.29) is 18.7 Å². The highest BCUT2D eigenvalue weighted by Gasteiger charge is 2.37. The van der Waals surface area contributed by atoms with E-state index in [0.717, 1.165) is 6.42 Å². The number of rotatable bonds is 3. The number of anilines is 1. The minimum absolute atomic E-state index is 0.0214. The fourth-order valence-electron chi connectivity index (χ4n) is 2.59. The normalized spacial score (nSPS) is 17.7. The summed E-state index contributed by atoms with van der Waals surface area (Å²) >= 11 is 0. The van der Waals surface area contributed by atoms with Gasteiger partial charge in [-0.05, 0) is 31.0 Å². The summed E-state index contributed by atoms with van der Waals surface area (Å²) < 4.78 is 76.7. The molecule has 0 spiro atoms. The molecule has 0 bridgehead atoms. The van der Waals surface area contributed by atoms with Gasteiger partial charge < -0.3 is 15.5 Å². The SMILES string of the molecule is N#CN1CCC[C@@H]1CNC(=O)Nc1cc(C(F)(F)F)cc(C(F)(F)F)c1. The smallest absolute Gasteiger partial charge is 0.336 e. The predicted molar refractivity (Wildman–Crippen MR) is 78.8 cm³/mol. The number of hydrogen-bond donors (Lipinski definition) is 2. The van der Waals surface area contributed by atoms with Gasteiger partial charge in [0.05, 0.1) is 17.2 Å². The zero-order valence-electron chi connectivity index (χ0n) is 13.2. The summed E-state index contributed by atoms with van der Waals surface area (Å²) in [6, 6.07) is -0.384. The molecule has 1 atom stereocenters. The molecule has 1 aliphatic rings. The Bertz CT molecular complexity index is 677. The molecule has 2 rings (SSSR count). The summed E-state index contributed by atoms with van der Waals surface area (Å²) in [5, 5.41) is 13.2. The van der Waals surface area contributed by atoms with Crippen molar-refractivity contribution in [3.63, 3.8) is 0 Å². The predicted octanol–water partition coefficient (Wildman–Crippen LogP) is 3.79. The second-order valence-electron chi connectivity index (χ2n) is 5.72. The van der Waals surface area contributed by atoms with Gasteiger partial charge in [-0.25, -0.2) is 4.79 Å². The number of nitrogens with zero attached hydrogens (tertiary/aromatic N) is 2. The van der Waals surface area contributed by atoms with Crippen LogP contribution < -0.4 is 10.6 Å². The molecule has 1 aliphatic heterocycles. The highest BCUT2D eigenvalue weighted by atomic mass is 19.4. The van der Waals surface area contributed by atoms with Crippen LogP contribution in [0.15, 0.2) is 18.2 Å². The van der Waals surface area contributed by atoms with Gasteiger partial charge in [0.1, 0.15) is 0 Å². The molecule has 142 valence electrons. The van der Waals surface area contributed by atoms with E-state index in [2.05, 4.69) is 5.32 Å². The van der Waals surface area contributed by atoms with Crippen molar-refractivity contribution < 1.29 is 31.1 Å². The van der Waals surface area contributed by atoms with Gasteiger partial charge >= 0.3 is 18.4 Å². The number of halogens is 6. The molecule has 0 saturated carbocycles. The molecule has 1 heterocycles. The van der Waals surface area contributed by atoms with Crippen LogP contribution in [0.3, 0.4) is 0 Å². The van der Waals surface area contributed by atoms with Crippen LogP contribution in [0.2, 0.25) is 0 Å². The Morgan fingerprint density at radius 1 is 1.15 bits per heavy atom. The first kappa shape index (κ1) is 19.7. The Labute approximate surface area is 144 Å². The number of hydrogen-bond acceptors (Lipinski definition) is 3. The van der Waals surface area contributed by atoms with Crippen molar-refractivity contribution in [2.75, 3.05) is 18.4 Å². The molecule has 0 radical (unpaired) electrons. The number of carbonyl (C=O) groups is 1. The number of carbonyl (C=O) groups excluding carboxylic acids is 1. The number of nitriles is 1. The van der Waals surface area contributed by atoms with Crippen molar-refractivity contribution in [2.45, 2.75) is 31.2 Å². The van der Waals surface area contributed by atoms with Gasteiger partial charge in [-0.15, -0.1) is 0 Å². The van der Waals surface area contributed by atoms with Crippen LogP contribution >= 0.6 is 0 Å². The van der Waals surface area contributed by atoms with Gasteiger partial charge in [-0.3, -0.25) is 0 Å². The summed E-state index contributed by atoms with van der Waals surface area (Å²) in [7, 11) is 0. The monoisotopic (exact) mass is 380 g/mol. The van der Waals surface area contributed by atoms with E-state index in [0.29, 0.717) is 25.1 Å². The molecule has 2 N–H and O–H groups in total. The number of likely N-dealkylation sites (tertiary alicyclic amines) is 1. The number of alkyl halides is 6.